The standard InChI is InChI=1S/C26H17Cl2F6NO4/c1-23-20(21(36)35(22(23)37)17-11-15(27)10-16(28)12-17)24(23,13-2-6-18(7-3-13)38-25(29,30)31)14-4-8-19(9-5-14)39-26(32,33)34/h2-12,20,22,37H,1H3/t20-,22?,23-/m1/s1. The minimum Gasteiger partial charge on any atom is -0.406 e. The van der Waals surface area contributed by atoms with Crippen LogP contribution in [0, 0.1) is 11.3 Å². The van der Waals surface area contributed by atoms with Crippen LogP contribution in [-0.4, -0.2) is 30.0 Å². The summed E-state index contributed by atoms with van der Waals surface area (Å²) < 4.78 is 84.1. The molecule has 2 aliphatic rings. The zero-order valence-corrected chi connectivity index (χ0v) is 21.2. The Balaban J connectivity index is 1.60. The number of benzene rings is 3. The second kappa shape index (κ2) is 8.94. The number of nitrogens with zero attached hydrogens (tertiary/aromatic N) is 1. The van der Waals surface area contributed by atoms with Gasteiger partial charge in [0.25, 0.3) is 0 Å². The predicted octanol–water partition coefficient (Wildman–Crippen LogP) is 7.08. The van der Waals surface area contributed by atoms with Gasteiger partial charge in [-0.05, 0) is 53.6 Å². The van der Waals surface area contributed by atoms with Crippen molar-refractivity contribution in [3.63, 3.8) is 0 Å². The molecule has 1 aliphatic carbocycles. The monoisotopic (exact) mass is 591 g/mol. The molecular formula is C26H17Cl2F6NO4. The molecule has 1 heterocycles. The lowest BCUT2D eigenvalue weighted by atomic mass is 9.78. The Hall–Kier alpha value is -3.15. The number of halogens is 8. The first kappa shape index (κ1) is 27.4. The molecule has 1 amide bonds. The SMILES string of the molecule is C[C@]12C(O)N(c3cc(Cl)cc(Cl)c3)C(=O)[C@H]1C2(c1ccc(OC(F)(F)F)cc1)c1ccc(OC(F)(F)F)cc1. The quantitative estimate of drug-likeness (QED) is 0.322. The van der Waals surface area contributed by atoms with Gasteiger partial charge in [-0.2, -0.15) is 0 Å². The summed E-state index contributed by atoms with van der Waals surface area (Å²) in [6.45, 7) is 1.62. The normalized spacial score (nSPS) is 23.9. The molecule has 0 bridgehead atoms. The first-order valence-corrected chi connectivity index (χ1v) is 12.0. The summed E-state index contributed by atoms with van der Waals surface area (Å²) in [5, 5.41) is 11.9. The Morgan fingerprint density at radius 2 is 1.21 bits per heavy atom. The van der Waals surface area contributed by atoms with Crippen molar-refractivity contribution in [2.24, 2.45) is 11.3 Å². The van der Waals surface area contributed by atoms with E-state index in [0.29, 0.717) is 11.1 Å². The van der Waals surface area contributed by atoms with Gasteiger partial charge in [0, 0.05) is 26.6 Å². The van der Waals surface area contributed by atoms with Gasteiger partial charge in [-0.15, -0.1) is 26.3 Å². The van der Waals surface area contributed by atoms with Gasteiger partial charge >= 0.3 is 12.7 Å². The van der Waals surface area contributed by atoms with Crippen molar-refractivity contribution in [1.29, 1.82) is 0 Å². The molecule has 1 saturated carbocycles. The van der Waals surface area contributed by atoms with Crippen LogP contribution in [0.4, 0.5) is 32.0 Å². The van der Waals surface area contributed by atoms with Crippen molar-refractivity contribution >= 4 is 34.8 Å². The molecule has 1 unspecified atom stereocenters. The van der Waals surface area contributed by atoms with Crippen LogP contribution in [-0.2, 0) is 10.2 Å². The van der Waals surface area contributed by atoms with E-state index in [1.807, 2.05) is 0 Å². The van der Waals surface area contributed by atoms with Crippen molar-refractivity contribution in [3.8, 4) is 11.5 Å². The highest BCUT2D eigenvalue weighted by Crippen LogP contribution is 2.78. The summed E-state index contributed by atoms with van der Waals surface area (Å²) in [7, 11) is 0. The molecule has 1 N–H and O–H groups in total. The number of carbonyl (C=O) groups is 1. The minimum absolute atomic E-state index is 0.218. The zero-order valence-electron chi connectivity index (χ0n) is 19.6. The number of amides is 1. The lowest BCUT2D eigenvalue weighted by Crippen LogP contribution is -2.45. The number of hydrogen-bond donors (Lipinski definition) is 1. The van der Waals surface area contributed by atoms with E-state index in [2.05, 4.69) is 9.47 Å². The zero-order chi connectivity index (χ0) is 28.5. The average Bonchev–Trinajstić information content (AvgIpc) is 3.31. The first-order chi connectivity index (χ1) is 18.1. The van der Waals surface area contributed by atoms with Crippen molar-refractivity contribution in [1.82, 2.24) is 0 Å². The van der Waals surface area contributed by atoms with E-state index < -0.39 is 53.1 Å². The third-order valence-corrected chi connectivity index (χ3v) is 7.71. The van der Waals surface area contributed by atoms with E-state index in [-0.39, 0.29) is 15.7 Å². The molecule has 2 fully saturated rings. The maximum Gasteiger partial charge on any atom is 0.573 e. The molecule has 0 spiro atoms. The summed E-state index contributed by atoms with van der Waals surface area (Å²) in [5.74, 6) is -2.49. The topological polar surface area (TPSA) is 59.0 Å². The molecule has 5 rings (SSSR count). The summed E-state index contributed by atoms with van der Waals surface area (Å²) in [5.41, 5.74) is -1.63. The van der Waals surface area contributed by atoms with Crippen LogP contribution < -0.4 is 14.4 Å². The number of alkyl halides is 6. The Kier molecular flexibility index (Phi) is 6.28. The summed E-state index contributed by atoms with van der Waals surface area (Å²) in [4.78, 5) is 14.9. The fourth-order valence-corrected chi connectivity index (χ4v) is 6.39. The lowest BCUT2D eigenvalue weighted by Gasteiger charge is -2.35. The Morgan fingerprint density at radius 3 is 1.54 bits per heavy atom. The third kappa shape index (κ3) is 4.46. The number of piperidine rings is 1. The van der Waals surface area contributed by atoms with E-state index in [4.69, 9.17) is 23.2 Å². The van der Waals surface area contributed by atoms with Crippen LogP contribution >= 0.6 is 23.2 Å². The molecule has 3 atom stereocenters. The van der Waals surface area contributed by atoms with Crippen LogP contribution in [0.15, 0.2) is 66.7 Å². The van der Waals surface area contributed by atoms with Gasteiger partial charge < -0.3 is 14.6 Å². The van der Waals surface area contributed by atoms with Crippen LogP contribution in [0.25, 0.3) is 0 Å². The van der Waals surface area contributed by atoms with Crippen LogP contribution in [0.5, 0.6) is 11.5 Å². The number of ether oxygens (including phenoxy) is 2. The summed E-state index contributed by atoms with van der Waals surface area (Å²) in [6, 6.07) is 13.9. The maximum atomic E-state index is 13.8. The molecular weight excluding hydrogens is 575 g/mol. The highest BCUT2D eigenvalue weighted by Gasteiger charge is 2.86. The van der Waals surface area contributed by atoms with Crippen molar-refractivity contribution < 1.29 is 45.7 Å². The largest absolute Gasteiger partial charge is 0.573 e. The fraction of sp³-hybridized carbons (Fsp3) is 0.269. The van der Waals surface area contributed by atoms with Gasteiger partial charge in [-0.1, -0.05) is 54.4 Å². The van der Waals surface area contributed by atoms with Gasteiger partial charge in [0.05, 0.1) is 5.92 Å². The van der Waals surface area contributed by atoms with E-state index in [9.17, 15) is 36.2 Å². The van der Waals surface area contributed by atoms with Crippen molar-refractivity contribution in [2.75, 3.05) is 4.90 Å². The first-order valence-electron chi connectivity index (χ1n) is 11.3. The average molecular weight is 592 g/mol. The molecule has 3 aromatic carbocycles. The van der Waals surface area contributed by atoms with E-state index in [1.165, 1.54) is 42.5 Å². The number of fused-ring (bicyclic) bond motifs is 1. The number of aliphatic hydroxyl groups excluding tert-OH is 1. The molecule has 0 aromatic heterocycles. The molecule has 206 valence electrons. The number of rotatable bonds is 5. The van der Waals surface area contributed by atoms with Gasteiger partial charge in [0.2, 0.25) is 5.91 Å². The minimum atomic E-state index is -4.93. The third-order valence-electron chi connectivity index (χ3n) is 7.28. The van der Waals surface area contributed by atoms with E-state index in [1.54, 1.807) is 6.92 Å². The Labute approximate surface area is 227 Å². The maximum absolute atomic E-state index is 13.8. The molecule has 1 aliphatic heterocycles. The molecule has 0 radical (unpaired) electrons. The lowest BCUT2D eigenvalue weighted by molar-refractivity contribution is -0.275. The van der Waals surface area contributed by atoms with Crippen LogP contribution in [0.3, 0.4) is 0 Å². The van der Waals surface area contributed by atoms with E-state index >= 15 is 0 Å². The number of anilines is 1. The molecule has 5 nitrogen and oxygen atoms in total. The number of aliphatic hydroxyl groups is 1. The smallest absolute Gasteiger partial charge is 0.406 e. The van der Waals surface area contributed by atoms with Crippen molar-refractivity contribution in [3.05, 3.63) is 87.9 Å². The second-order valence-electron chi connectivity index (χ2n) is 9.38. The van der Waals surface area contributed by atoms with E-state index in [0.717, 1.165) is 29.2 Å². The number of carbonyl (C=O) groups excluding carboxylic acids is 1. The highest BCUT2D eigenvalue weighted by molar-refractivity contribution is 6.35. The molecule has 39 heavy (non-hydrogen) atoms. The fourth-order valence-electron chi connectivity index (χ4n) is 5.87. The highest BCUT2D eigenvalue weighted by atomic mass is 35.5. The van der Waals surface area contributed by atoms with Gasteiger partial charge in [-0.3, -0.25) is 9.69 Å². The molecule has 3 aromatic rings. The Morgan fingerprint density at radius 1 is 0.795 bits per heavy atom. The number of hydrogen-bond acceptors (Lipinski definition) is 4. The summed E-state index contributed by atoms with van der Waals surface area (Å²) >= 11 is 12.2. The molecule has 1 saturated heterocycles. The van der Waals surface area contributed by atoms with Crippen LogP contribution in [0.1, 0.15) is 18.1 Å². The van der Waals surface area contributed by atoms with Gasteiger partial charge in [0.15, 0.2) is 0 Å². The summed E-state index contributed by atoms with van der Waals surface area (Å²) in [6.07, 6.45) is -11.3. The van der Waals surface area contributed by atoms with Gasteiger partial charge in [0.1, 0.15) is 17.7 Å². The van der Waals surface area contributed by atoms with Crippen molar-refractivity contribution in [2.45, 2.75) is 31.3 Å². The van der Waals surface area contributed by atoms with Gasteiger partial charge in [-0.25, -0.2) is 0 Å². The second-order valence-corrected chi connectivity index (χ2v) is 10.3. The Bertz CT molecular complexity index is 1350. The molecule has 13 heteroatoms. The predicted molar refractivity (Wildman–Crippen MR) is 129 cm³/mol. The van der Waals surface area contributed by atoms with Crippen LogP contribution in [0.2, 0.25) is 10.0 Å².